The summed E-state index contributed by atoms with van der Waals surface area (Å²) in [4.78, 5) is 29.9. The van der Waals surface area contributed by atoms with Gasteiger partial charge in [-0.1, -0.05) is 6.07 Å². The van der Waals surface area contributed by atoms with E-state index in [0.29, 0.717) is 5.56 Å². The lowest BCUT2D eigenvalue weighted by molar-refractivity contribution is 0.0690. The monoisotopic (exact) mass is 273 g/mol. The van der Waals surface area contributed by atoms with E-state index in [1.54, 1.807) is 6.07 Å². The second-order valence-corrected chi connectivity index (χ2v) is 3.91. The summed E-state index contributed by atoms with van der Waals surface area (Å²) in [5, 5.41) is 20.7. The first-order valence-electron chi connectivity index (χ1n) is 5.68. The highest BCUT2D eigenvalue weighted by Crippen LogP contribution is 2.12. The molecule has 0 spiro atoms. The van der Waals surface area contributed by atoms with Crippen molar-refractivity contribution in [3.63, 3.8) is 0 Å². The Hall–Kier alpha value is -2.96. The van der Waals surface area contributed by atoms with Gasteiger partial charge in [0.1, 0.15) is 11.4 Å². The Bertz CT molecular complexity index is 640. The topological polar surface area (TPSA) is 112 Å². The molecule has 0 aliphatic carbocycles. The van der Waals surface area contributed by atoms with Crippen LogP contribution in [-0.2, 0) is 6.54 Å². The van der Waals surface area contributed by atoms with Gasteiger partial charge < -0.3 is 15.5 Å². The molecule has 7 heteroatoms. The molecule has 0 bridgehead atoms. The minimum atomic E-state index is -1.11. The van der Waals surface area contributed by atoms with Crippen LogP contribution < -0.4 is 5.32 Å². The number of carbonyl (C=O) groups is 2. The number of rotatable bonds is 4. The van der Waals surface area contributed by atoms with Crippen LogP contribution in [0.3, 0.4) is 0 Å². The van der Waals surface area contributed by atoms with Crippen LogP contribution in [0, 0.1) is 0 Å². The Morgan fingerprint density at radius 1 is 1.20 bits per heavy atom. The first-order chi connectivity index (χ1) is 9.58. The van der Waals surface area contributed by atoms with Crippen LogP contribution in [0.5, 0.6) is 5.75 Å². The SMILES string of the molecule is O=C(O)c1ccc(CNC(=O)c2ncccc2O)cn1. The molecule has 0 aliphatic heterocycles. The molecule has 2 aromatic rings. The molecule has 2 heterocycles. The average Bonchev–Trinajstić information content (AvgIpc) is 2.45. The molecule has 0 saturated heterocycles. The number of aromatic nitrogens is 2. The minimum absolute atomic E-state index is 0.0670. The van der Waals surface area contributed by atoms with Crippen molar-refractivity contribution in [2.45, 2.75) is 6.54 Å². The summed E-state index contributed by atoms with van der Waals surface area (Å²) in [7, 11) is 0. The van der Waals surface area contributed by atoms with Crippen molar-refractivity contribution in [2.75, 3.05) is 0 Å². The smallest absolute Gasteiger partial charge is 0.354 e. The third kappa shape index (κ3) is 3.08. The van der Waals surface area contributed by atoms with Gasteiger partial charge >= 0.3 is 5.97 Å². The van der Waals surface area contributed by atoms with E-state index in [4.69, 9.17) is 5.11 Å². The van der Waals surface area contributed by atoms with Crippen LogP contribution in [-0.4, -0.2) is 32.1 Å². The van der Waals surface area contributed by atoms with Crippen LogP contribution in [0.4, 0.5) is 0 Å². The molecule has 102 valence electrons. The number of amides is 1. The Labute approximate surface area is 113 Å². The molecule has 20 heavy (non-hydrogen) atoms. The molecule has 0 unspecified atom stereocenters. The van der Waals surface area contributed by atoms with Crippen molar-refractivity contribution in [1.82, 2.24) is 15.3 Å². The van der Waals surface area contributed by atoms with E-state index in [-0.39, 0.29) is 23.7 Å². The number of pyridine rings is 2. The van der Waals surface area contributed by atoms with Crippen LogP contribution in [0.25, 0.3) is 0 Å². The summed E-state index contributed by atoms with van der Waals surface area (Å²) >= 11 is 0. The molecular weight excluding hydrogens is 262 g/mol. The minimum Gasteiger partial charge on any atom is -0.505 e. The van der Waals surface area contributed by atoms with Gasteiger partial charge in [-0.2, -0.15) is 0 Å². The molecular formula is C13H11N3O4. The Morgan fingerprint density at radius 2 is 2.00 bits per heavy atom. The number of aromatic hydroxyl groups is 1. The van der Waals surface area contributed by atoms with Crippen LogP contribution in [0.2, 0.25) is 0 Å². The lowest BCUT2D eigenvalue weighted by atomic mass is 10.2. The summed E-state index contributed by atoms with van der Waals surface area (Å²) in [6.07, 6.45) is 2.76. The molecule has 0 aliphatic rings. The molecule has 7 nitrogen and oxygen atoms in total. The molecule has 0 saturated carbocycles. The summed E-state index contributed by atoms with van der Waals surface area (Å²) < 4.78 is 0. The Balaban J connectivity index is 2.00. The number of aromatic carboxylic acids is 1. The van der Waals surface area contributed by atoms with E-state index in [9.17, 15) is 14.7 Å². The normalized spacial score (nSPS) is 10.0. The van der Waals surface area contributed by atoms with E-state index in [1.165, 1.54) is 30.6 Å². The van der Waals surface area contributed by atoms with E-state index in [1.807, 2.05) is 0 Å². The Kier molecular flexibility index (Phi) is 3.90. The molecule has 1 amide bonds. The molecule has 3 N–H and O–H groups in total. The fourth-order valence-corrected chi connectivity index (χ4v) is 1.49. The lowest BCUT2D eigenvalue weighted by Crippen LogP contribution is -2.24. The van der Waals surface area contributed by atoms with Gasteiger partial charge in [-0.3, -0.25) is 4.79 Å². The third-order valence-corrected chi connectivity index (χ3v) is 2.50. The van der Waals surface area contributed by atoms with Crippen LogP contribution in [0.15, 0.2) is 36.7 Å². The largest absolute Gasteiger partial charge is 0.505 e. The highest BCUT2D eigenvalue weighted by molar-refractivity contribution is 5.94. The fourth-order valence-electron chi connectivity index (χ4n) is 1.49. The summed E-state index contributed by atoms with van der Waals surface area (Å²) in [6.45, 7) is 0.155. The number of carbonyl (C=O) groups excluding carboxylic acids is 1. The maximum Gasteiger partial charge on any atom is 0.354 e. The molecule has 0 aromatic carbocycles. The lowest BCUT2D eigenvalue weighted by Gasteiger charge is -2.06. The number of nitrogens with one attached hydrogen (secondary N) is 1. The van der Waals surface area contributed by atoms with Gasteiger partial charge in [0.2, 0.25) is 0 Å². The first-order valence-corrected chi connectivity index (χ1v) is 5.68. The second kappa shape index (κ2) is 5.79. The average molecular weight is 273 g/mol. The third-order valence-electron chi connectivity index (χ3n) is 2.50. The van der Waals surface area contributed by atoms with Gasteiger partial charge in [-0.25, -0.2) is 14.8 Å². The fraction of sp³-hybridized carbons (Fsp3) is 0.0769. The zero-order valence-corrected chi connectivity index (χ0v) is 10.3. The van der Waals surface area contributed by atoms with E-state index < -0.39 is 11.9 Å². The Morgan fingerprint density at radius 3 is 2.60 bits per heavy atom. The highest BCUT2D eigenvalue weighted by Gasteiger charge is 2.11. The van der Waals surface area contributed by atoms with Crippen molar-refractivity contribution in [3.05, 3.63) is 53.6 Å². The first kappa shape index (κ1) is 13.5. The van der Waals surface area contributed by atoms with E-state index >= 15 is 0 Å². The van der Waals surface area contributed by atoms with Crippen molar-refractivity contribution < 1.29 is 19.8 Å². The predicted octanol–water partition coefficient (Wildman–Crippen LogP) is 0.810. The van der Waals surface area contributed by atoms with Crippen LogP contribution in [0.1, 0.15) is 26.5 Å². The van der Waals surface area contributed by atoms with E-state index in [0.717, 1.165) is 0 Å². The molecule has 2 rings (SSSR count). The molecule has 2 aromatic heterocycles. The zero-order chi connectivity index (χ0) is 14.5. The maximum atomic E-state index is 11.8. The van der Waals surface area contributed by atoms with Gasteiger partial charge in [0.25, 0.3) is 5.91 Å². The standard InChI is InChI=1S/C13H11N3O4/c17-10-2-1-5-14-11(10)12(18)16-7-8-3-4-9(13(19)20)15-6-8/h1-6,17H,7H2,(H,16,18)(H,19,20). The number of carboxylic acids is 1. The summed E-state index contributed by atoms with van der Waals surface area (Å²) in [5.41, 5.74) is 0.504. The highest BCUT2D eigenvalue weighted by atomic mass is 16.4. The van der Waals surface area contributed by atoms with Gasteiger partial charge in [0, 0.05) is 18.9 Å². The second-order valence-electron chi connectivity index (χ2n) is 3.91. The van der Waals surface area contributed by atoms with Crippen LogP contribution >= 0.6 is 0 Å². The van der Waals surface area contributed by atoms with Gasteiger partial charge in [0.05, 0.1) is 0 Å². The van der Waals surface area contributed by atoms with Gasteiger partial charge in [-0.05, 0) is 23.8 Å². The number of nitrogens with zero attached hydrogens (tertiary/aromatic N) is 2. The number of hydrogen-bond acceptors (Lipinski definition) is 5. The summed E-state index contributed by atoms with van der Waals surface area (Å²) in [6, 6.07) is 5.78. The van der Waals surface area contributed by atoms with Crippen molar-refractivity contribution in [3.8, 4) is 5.75 Å². The molecule has 0 fully saturated rings. The molecule has 0 radical (unpaired) electrons. The van der Waals surface area contributed by atoms with Crippen molar-refractivity contribution >= 4 is 11.9 Å². The zero-order valence-electron chi connectivity index (χ0n) is 10.3. The predicted molar refractivity (Wildman–Crippen MR) is 68.3 cm³/mol. The van der Waals surface area contributed by atoms with Crippen molar-refractivity contribution in [1.29, 1.82) is 0 Å². The number of hydrogen-bond donors (Lipinski definition) is 3. The van der Waals surface area contributed by atoms with Gasteiger partial charge in [0.15, 0.2) is 5.69 Å². The van der Waals surface area contributed by atoms with Crippen molar-refractivity contribution in [2.24, 2.45) is 0 Å². The number of carboxylic acid groups (broad SMARTS) is 1. The van der Waals surface area contributed by atoms with Gasteiger partial charge in [-0.15, -0.1) is 0 Å². The quantitative estimate of drug-likeness (QED) is 0.759. The molecule has 0 atom stereocenters. The summed E-state index contributed by atoms with van der Waals surface area (Å²) in [5.74, 6) is -1.84. The maximum absolute atomic E-state index is 11.8. The van der Waals surface area contributed by atoms with E-state index in [2.05, 4.69) is 15.3 Å².